The second-order valence-corrected chi connectivity index (χ2v) is 8.33. The van der Waals surface area contributed by atoms with Crippen molar-refractivity contribution in [2.24, 2.45) is 11.3 Å². The molecule has 1 heterocycles. The maximum atomic E-state index is 12.5. The summed E-state index contributed by atoms with van der Waals surface area (Å²) < 4.78 is 0. The average Bonchev–Trinajstić information content (AvgIpc) is 3.34. The van der Waals surface area contributed by atoms with Gasteiger partial charge in [0.25, 0.3) is 0 Å². The molecule has 5 nitrogen and oxygen atoms in total. The molecule has 2 fully saturated rings. The van der Waals surface area contributed by atoms with E-state index in [1.807, 2.05) is 25.7 Å². The van der Waals surface area contributed by atoms with E-state index in [9.17, 15) is 9.59 Å². The SMILES string of the molecule is CC(CNC(=O)C1CCCN(C(=O)C(C)(C)C)C1)N(C)C1CC1. The summed E-state index contributed by atoms with van der Waals surface area (Å²) in [6.07, 6.45) is 4.35. The lowest BCUT2D eigenvalue weighted by atomic mass is 9.91. The van der Waals surface area contributed by atoms with Gasteiger partial charge < -0.3 is 10.2 Å². The van der Waals surface area contributed by atoms with Crippen LogP contribution in [0.3, 0.4) is 0 Å². The Kier molecular flexibility index (Phi) is 5.71. The van der Waals surface area contributed by atoms with E-state index in [2.05, 4.69) is 24.2 Å². The van der Waals surface area contributed by atoms with Crippen LogP contribution in [-0.4, -0.2) is 60.4 Å². The van der Waals surface area contributed by atoms with E-state index >= 15 is 0 Å². The van der Waals surface area contributed by atoms with Crippen LogP contribution in [0.15, 0.2) is 0 Å². The largest absolute Gasteiger partial charge is 0.354 e. The van der Waals surface area contributed by atoms with Gasteiger partial charge in [0, 0.05) is 37.1 Å². The number of hydrogen-bond donors (Lipinski definition) is 1. The highest BCUT2D eigenvalue weighted by Gasteiger charge is 2.34. The van der Waals surface area contributed by atoms with Gasteiger partial charge in [-0.3, -0.25) is 14.5 Å². The molecule has 1 aliphatic heterocycles. The Labute approximate surface area is 140 Å². The van der Waals surface area contributed by atoms with Gasteiger partial charge in [-0.25, -0.2) is 0 Å². The number of piperidine rings is 1. The van der Waals surface area contributed by atoms with Crippen molar-refractivity contribution < 1.29 is 9.59 Å². The lowest BCUT2D eigenvalue weighted by Crippen LogP contribution is -2.50. The fourth-order valence-corrected chi connectivity index (χ4v) is 3.23. The van der Waals surface area contributed by atoms with Crippen LogP contribution in [0.25, 0.3) is 0 Å². The molecule has 2 amide bonds. The number of hydrogen-bond acceptors (Lipinski definition) is 3. The first-order valence-corrected chi connectivity index (χ1v) is 8.99. The molecule has 0 aromatic rings. The Balaban J connectivity index is 1.81. The van der Waals surface area contributed by atoms with E-state index in [1.54, 1.807) is 0 Å². The summed E-state index contributed by atoms with van der Waals surface area (Å²) >= 11 is 0. The fraction of sp³-hybridized carbons (Fsp3) is 0.889. The van der Waals surface area contributed by atoms with Crippen LogP contribution in [0.5, 0.6) is 0 Å². The van der Waals surface area contributed by atoms with Crippen molar-refractivity contribution in [2.45, 2.75) is 65.5 Å². The maximum absolute atomic E-state index is 12.5. The van der Waals surface area contributed by atoms with Crippen LogP contribution < -0.4 is 5.32 Å². The molecule has 23 heavy (non-hydrogen) atoms. The molecule has 2 rings (SSSR count). The first-order valence-electron chi connectivity index (χ1n) is 8.99. The third-order valence-corrected chi connectivity index (χ3v) is 5.11. The molecule has 0 aromatic heterocycles. The van der Waals surface area contributed by atoms with Crippen LogP contribution in [0.4, 0.5) is 0 Å². The number of carbonyl (C=O) groups is 2. The predicted octanol–water partition coefficient (Wildman–Crippen LogP) is 1.87. The summed E-state index contributed by atoms with van der Waals surface area (Å²) in [5.41, 5.74) is -0.375. The van der Waals surface area contributed by atoms with Crippen LogP contribution in [-0.2, 0) is 9.59 Å². The van der Waals surface area contributed by atoms with Crippen molar-refractivity contribution in [1.82, 2.24) is 15.1 Å². The quantitative estimate of drug-likeness (QED) is 0.840. The van der Waals surface area contributed by atoms with Crippen molar-refractivity contribution in [3.8, 4) is 0 Å². The van der Waals surface area contributed by atoms with Gasteiger partial charge in [0.05, 0.1) is 5.92 Å². The topological polar surface area (TPSA) is 52.7 Å². The van der Waals surface area contributed by atoms with E-state index in [-0.39, 0.29) is 23.1 Å². The van der Waals surface area contributed by atoms with Crippen molar-refractivity contribution >= 4 is 11.8 Å². The number of nitrogens with one attached hydrogen (secondary N) is 1. The van der Waals surface area contributed by atoms with E-state index < -0.39 is 0 Å². The first kappa shape index (κ1) is 18.2. The van der Waals surface area contributed by atoms with Gasteiger partial charge in [-0.2, -0.15) is 0 Å². The van der Waals surface area contributed by atoms with Gasteiger partial charge in [-0.15, -0.1) is 0 Å². The molecule has 1 saturated carbocycles. The standard InChI is InChI=1S/C18H33N3O2/c1-13(20(5)15-8-9-15)11-19-16(22)14-7-6-10-21(12-14)17(23)18(2,3)4/h13-15H,6-12H2,1-5H3,(H,19,22). The summed E-state index contributed by atoms with van der Waals surface area (Å²) in [6, 6.07) is 1.07. The number of carbonyl (C=O) groups excluding carboxylic acids is 2. The number of nitrogens with zero attached hydrogens (tertiary/aromatic N) is 2. The minimum absolute atomic E-state index is 0.0616. The van der Waals surface area contributed by atoms with Gasteiger partial charge in [-0.05, 0) is 39.7 Å². The number of likely N-dealkylation sites (N-methyl/N-ethyl adjacent to an activating group) is 1. The van der Waals surface area contributed by atoms with E-state index in [4.69, 9.17) is 0 Å². The minimum atomic E-state index is -0.375. The summed E-state index contributed by atoms with van der Waals surface area (Å²) in [5.74, 6) is 0.192. The highest BCUT2D eigenvalue weighted by atomic mass is 16.2. The second kappa shape index (κ2) is 7.20. The molecular formula is C18H33N3O2. The molecule has 2 atom stereocenters. The van der Waals surface area contributed by atoms with Crippen molar-refractivity contribution in [3.05, 3.63) is 0 Å². The lowest BCUT2D eigenvalue weighted by Gasteiger charge is -2.36. The van der Waals surface area contributed by atoms with Gasteiger partial charge in [0.1, 0.15) is 0 Å². The summed E-state index contributed by atoms with van der Waals surface area (Å²) in [6.45, 7) is 10.0. The molecule has 1 saturated heterocycles. The van der Waals surface area contributed by atoms with Gasteiger partial charge in [0.15, 0.2) is 0 Å². The van der Waals surface area contributed by atoms with Crippen LogP contribution in [0, 0.1) is 11.3 Å². The lowest BCUT2D eigenvalue weighted by molar-refractivity contribution is -0.142. The van der Waals surface area contributed by atoms with E-state index in [1.165, 1.54) is 12.8 Å². The smallest absolute Gasteiger partial charge is 0.227 e. The molecule has 1 N–H and O–H groups in total. The highest BCUT2D eigenvalue weighted by Crippen LogP contribution is 2.27. The molecule has 5 heteroatoms. The summed E-state index contributed by atoms with van der Waals surface area (Å²) in [4.78, 5) is 29.1. The van der Waals surface area contributed by atoms with Gasteiger partial charge in [0.2, 0.25) is 11.8 Å². The van der Waals surface area contributed by atoms with Crippen LogP contribution in [0.2, 0.25) is 0 Å². The molecule has 1 aliphatic carbocycles. The first-order chi connectivity index (χ1) is 10.7. The zero-order chi connectivity index (χ0) is 17.2. The highest BCUT2D eigenvalue weighted by molar-refractivity contribution is 5.83. The molecular weight excluding hydrogens is 290 g/mol. The Hall–Kier alpha value is -1.10. The molecule has 0 bridgehead atoms. The van der Waals surface area contributed by atoms with E-state index in [0.29, 0.717) is 25.2 Å². The fourth-order valence-electron chi connectivity index (χ4n) is 3.23. The predicted molar refractivity (Wildman–Crippen MR) is 92.0 cm³/mol. The Morgan fingerprint density at radius 3 is 2.48 bits per heavy atom. The Bertz CT molecular complexity index is 440. The average molecular weight is 323 g/mol. The van der Waals surface area contributed by atoms with Crippen molar-refractivity contribution in [3.63, 3.8) is 0 Å². The minimum Gasteiger partial charge on any atom is -0.354 e. The van der Waals surface area contributed by atoms with Crippen LogP contribution >= 0.6 is 0 Å². The number of rotatable bonds is 5. The van der Waals surface area contributed by atoms with Crippen molar-refractivity contribution in [2.75, 3.05) is 26.7 Å². The molecule has 0 spiro atoms. The van der Waals surface area contributed by atoms with E-state index in [0.717, 1.165) is 19.4 Å². The summed E-state index contributed by atoms with van der Waals surface area (Å²) in [5, 5.41) is 3.10. The number of likely N-dealkylation sites (tertiary alicyclic amines) is 1. The monoisotopic (exact) mass is 323 g/mol. The van der Waals surface area contributed by atoms with Crippen LogP contribution in [0.1, 0.15) is 53.4 Å². The Morgan fingerprint density at radius 1 is 1.26 bits per heavy atom. The molecule has 0 aromatic carbocycles. The third kappa shape index (κ3) is 4.93. The molecule has 2 aliphatic rings. The zero-order valence-electron chi connectivity index (χ0n) is 15.4. The molecule has 2 unspecified atom stereocenters. The maximum Gasteiger partial charge on any atom is 0.227 e. The van der Waals surface area contributed by atoms with Crippen molar-refractivity contribution in [1.29, 1.82) is 0 Å². The Morgan fingerprint density at radius 2 is 1.91 bits per heavy atom. The van der Waals surface area contributed by atoms with Gasteiger partial charge in [-0.1, -0.05) is 20.8 Å². The summed E-state index contributed by atoms with van der Waals surface area (Å²) in [7, 11) is 2.14. The third-order valence-electron chi connectivity index (χ3n) is 5.11. The number of amides is 2. The second-order valence-electron chi connectivity index (χ2n) is 8.33. The zero-order valence-corrected chi connectivity index (χ0v) is 15.4. The van der Waals surface area contributed by atoms with Gasteiger partial charge >= 0.3 is 0 Å². The molecule has 132 valence electrons. The molecule has 0 radical (unpaired) electrons. The normalized spacial score (nSPS) is 23.7.